The number of fused-ring (bicyclic) bond motifs is 3. The summed E-state index contributed by atoms with van der Waals surface area (Å²) in [6.07, 6.45) is 4.01. The van der Waals surface area contributed by atoms with Gasteiger partial charge in [0.1, 0.15) is 23.1 Å². The lowest BCUT2D eigenvalue weighted by molar-refractivity contribution is -0.386. The van der Waals surface area contributed by atoms with Gasteiger partial charge in [-0.3, -0.25) is 14.9 Å². The van der Waals surface area contributed by atoms with Gasteiger partial charge in [-0.05, 0) is 37.3 Å². The van der Waals surface area contributed by atoms with Crippen LogP contribution < -0.4 is 10.3 Å². The van der Waals surface area contributed by atoms with E-state index in [4.69, 9.17) is 4.74 Å². The van der Waals surface area contributed by atoms with Crippen molar-refractivity contribution in [1.29, 1.82) is 0 Å². The minimum atomic E-state index is -0.651. The summed E-state index contributed by atoms with van der Waals surface area (Å²) in [5.41, 5.74) is 0.501. The molecule has 9 heteroatoms. The number of nitrogens with one attached hydrogen (secondary N) is 1. The molecule has 134 valence electrons. The van der Waals surface area contributed by atoms with Crippen molar-refractivity contribution < 1.29 is 14.1 Å². The molecule has 1 aliphatic carbocycles. The Hall–Kier alpha value is -2.81. The molecule has 4 rings (SSSR count). The largest absolute Gasteiger partial charge is 0.479 e. The number of rotatable bonds is 4. The van der Waals surface area contributed by atoms with Crippen LogP contribution in [-0.2, 0) is 19.4 Å². The number of ether oxygens (including phenoxy) is 1. The molecular weight excluding hydrogens is 361 g/mol. The van der Waals surface area contributed by atoms with Crippen LogP contribution in [0.1, 0.15) is 29.1 Å². The Balaban J connectivity index is 1.66. The monoisotopic (exact) mass is 375 g/mol. The number of halogens is 1. The second kappa shape index (κ2) is 6.49. The van der Waals surface area contributed by atoms with Crippen molar-refractivity contribution >= 4 is 27.2 Å². The quantitative estimate of drug-likeness (QED) is 0.556. The predicted octanol–water partition coefficient (Wildman–Crippen LogP) is 3.49. The van der Waals surface area contributed by atoms with Gasteiger partial charge in [-0.1, -0.05) is 0 Å². The maximum atomic E-state index is 13.4. The first-order chi connectivity index (χ1) is 12.5. The minimum absolute atomic E-state index is 0.196. The van der Waals surface area contributed by atoms with Crippen LogP contribution in [0.25, 0.3) is 10.2 Å². The second-order valence-corrected chi connectivity index (χ2v) is 7.15. The summed E-state index contributed by atoms with van der Waals surface area (Å²) in [5, 5.41) is 11.6. The first-order valence-electron chi connectivity index (χ1n) is 8.13. The van der Waals surface area contributed by atoms with Gasteiger partial charge in [0.05, 0.1) is 10.3 Å². The molecule has 0 unspecified atom stereocenters. The second-order valence-electron chi connectivity index (χ2n) is 6.06. The fourth-order valence-corrected chi connectivity index (χ4v) is 4.46. The van der Waals surface area contributed by atoms with Crippen molar-refractivity contribution in [2.75, 3.05) is 0 Å². The summed E-state index contributed by atoms with van der Waals surface area (Å²) in [7, 11) is 0. The zero-order valence-electron chi connectivity index (χ0n) is 13.6. The van der Waals surface area contributed by atoms with E-state index in [1.54, 1.807) is 0 Å². The summed E-state index contributed by atoms with van der Waals surface area (Å²) < 4.78 is 18.7. The maximum Gasteiger partial charge on any atom is 0.311 e. The summed E-state index contributed by atoms with van der Waals surface area (Å²) in [6.45, 7) is -0.196. The molecule has 26 heavy (non-hydrogen) atoms. The zero-order chi connectivity index (χ0) is 18.3. The zero-order valence-corrected chi connectivity index (χ0v) is 14.4. The van der Waals surface area contributed by atoms with Gasteiger partial charge in [0, 0.05) is 17.0 Å². The van der Waals surface area contributed by atoms with Crippen molar-refractivity contribution in [3.8, 4) is 5.75 Å². The fourth-order valence-electron chi connectivity index (χ4n) is 3.18. The molecule has 2 heterocycles. The van der Waals surface area contributed by atoms with Crippen molar-refractivity contribution in [3.63, 3.8) is 0 Å². The Morgan fingerprint density at radius 1 is 1.35 bits per heavy atom. The highest BCUT2D eigenvalue weighted by molar-refractivity contribution is 7.18. The number of thiophene rings is 1. The van der Waals surface area contributed by atoms with E-state index in [1.807, 2.05) is 0 Å². The van der Waals surface area contributed by atoms with Crippen LogP contribution in [0.2, 0.25) is 0 Å². The van der Waals surface area contributed by atoms with Crippen LogP contribution in [0.3, 0.4) is 0 Å². The molecule has 2 aromatic heterocycles. The number of aromatic amines is 1. The Morgan fingerprint density at radius 2 is 2.15 bits per heavy atom. The minimum Gasteiger partial charge on any atom is -0.479 e. The van der Waals surface area contributed by atoms with Crippen LogP contribution in [0, 0.1) is 15.9 Å². The number of nitro benzene ring substituents is 1. The number of H-pyrrole nitrogens is 1. The van der Waals surface area contributed by atoms with E-state index in [2.05, 4.69) is 9.97 Å². The lowest BCUT2D eigenvalue weighted by Gasteiger charge is -2.09. The average molecular weight is 375 g/mol. The normalized spacial score (nSPS) is 13.6. The SMILES string of the molecule is O=c1[nH]c(COc2cc(F)ccc2[N+](=O)[O-])nc2sc3c(c12)CCCC3. The lowest BCUT2D eigenvalue weighted by Crippen LogP contribution is -2.14. The summed E-state index contributed by atoms with van der Waals surface area (Å²) >= 11 is 1.51. The molecule has 0 aliphatic heterocycles. The smallest absolute Gasteiger partial charge is 0.311 e. The number of hydrogen-bond acceptors (Lipinski definition) is 6. The third-order valence-electron chi connectivity index (χ3n) is 4.36. The van der Waals surface area contributed by atoms with Crippen LogP contribution >= 0.6 is 11.3 Å². The van der Waals surface area contributed by atoms with Gasteiger partial charge in [-0.25, -0.2) is 9.37 Å². The molecule has 0 saturated carbocycles. The van der Waals surface area contributed by atoms with Gasteiger partial charge < -0.3 is 9.72 Å². The van der Waals surface area contributed by atoms with Crippen LogP contribution in [0.5, 0.6) is 5.75 Å². The number of benzene rings is 1. The van der Waals surface area contributed by atoms with Gasteiger partial charge in [0.25, 0.3) is 5.56 Å². The van der Waals surface area contributed by atoms with Crippen molar-refractivity contribution in [2.24, 2.45) is 0 Å². The van der Waals surface area contributed by atoms with E-state index in [-0.39, 0.29) is 29.4 Å². The standard InChI is InChI=1S/C17H14FN3O4S/c18-9-5-6-11(21(23)24)12(7-9)25-8-14-19-16(22)15-10-3-1-2-4-13(10)26-17(15)20-14/h5-7H,1-4,8H2,(H,19,20,22). The van der Waals surface area contributed by atoms with Crippen molar-refractivity contribution in [3.05, 3.63) is 60.7 Å². The van der Waals surface area contributed by atoms with E-state index < -0.39 is 10.7 Å². The van der Waals surface area contributed by atoms with Crippen LogP contribution in [0.15, 0.2) is 23.0 Å². The number of aryl methyl sites for hydroxylation is 2. The molecule has 0 fully saturated rings. The van der Waals surface area contributed by atoms with E-state index >= 15 is 0 Å². The van der Waals surface area contributed by atoms with Gasteiger partial charge >= 0.3 is 5.69 Å². The third kappa shape index (κ3) is 2.94. The Morgan fingerprint density at radius 3 is 2.96 bits per heavy atom. The van der Waals surface area contributed by atoms with Gasteiger partial charge in [0.2, 0.25) is 0 Å². The Labute approximate surface area is 150 Å². The molecule has 0 saturated heterocycles. The van der Waals surface area contributed by atoms with Crippen LogP contribution in [-0.4, -0.2) is 14.9 Å². The third-order valence-corrected chi connectivity index (χ3v) is 5.54. The number of nitro groups is 1. The first kappa shape index (κ1) is 16.6. The highest BCUT2D eigenvalue weighted by Crippen LogP contribution is 2.33. The van der Waals surface area contributed by atoms with Crippen molar-refractivity contribution in [2.45, 2.75) is 32.3 Å². The summed E-state index contributed by atoms with van der Waals surface area (Å²) in [5.74, 6) is -0.601. The van der Waals surface area contributed by atoms with Crippen molar-refractivity contribution in [1.82, 2.24) is 9.97 Å². The highest BCUT2D eigenvalue weighted by atomic mass is 32.1. The number of aromatic nitrogens is 2. The van der Waals surface area contributed by atoms with Gasteiger partial charge in [0.15, 0.2) is 5.75 Å². The first-order valence-corrected chi connectivity index (χ1v) is 8.95. The molecule has 1 aliphatic rings. The predicted molar refractivity (Wildman–Crippen MR) is 94.3 cm³/mol. The van der Waals surface area contributed by atoms with Crippen LogP contribution in [0.4, 0.5) is 10.1 Å². The maximum absolute atomic E-state index is 13.4. The van der Waals surface area contributed by atoms with E-state index in [0.29, 0.717) is 10.2 Å². The van der Waals surface area contributed by atoms with Gasteiger partial charge in [-0.15, -0.1) is 11.3 Å². The molecule has 7 nitrogen and oxygen atoms in total. The number of hydrogen-bond donors (Lipinski definition) is 1. The fraction of sp³-hybridized carbons (Fsp3) is 0.294. The van der Waals surface area contributed by atoms with E-state index in [0.717, 1.165) is 49.4 Å². The Bertz CT molecular complexity index is 1080. The van der Waals surface area contributed by atoms with Gasteiger partial charge in [-0.2, -0.15) is 0 Å². The summed E-state index contributed by atoms with van der Waals surface area (Å²) in [6, 6.07) is 2.98. The molecule has 0 bridgehead atoms. The molecule has 0 radical (unpaired) electrons. The molecule has 1 aromatic carbocycles. The summed E-state index contributed by atoms with van der Waals surface area (Å²) in [4.78, 5) is 31.8. The molecule has 0 atom stereocenters. The lowest BCUT2D eigenvalue weighted by atomic mass is 9.97. The number of nitrogens with zero attached hydrogens (tertiary/aromatic N) is 2. The van der Waals surface area contributed by atoms with E-state index in [1.165, 1.54) is 16.2 Å². The highest BCUT2D eigenvalue weighted by Gasteiger charge is 2.20. The topological polar surface area (TPSA) is 98.1 Å². The molecule has 1 N–H and O–H groups in total. The average Bonchev–Trinajstić information content (AvgIpc) is 2.98. The molecular formula is C17H14FN3O4S. The van der Waals surface area contributed by atoms with E-state index in [9.17, 15) is 19.3 Å². The molecule has 3 aromatic rings. The molecule has 0 spiro atoms. The Kier molecular flexibility index (Phi) is 4.15. The molecule has 0 amide bonds.